The predicted molar refractivity (Wildman–Crippen MR) is 90.7 cm³/mol. The molecule has 3 heterocycles. The predicted octanol–water partition coefficient (Wildman–Crippen LogP) is 3.22. The SMILES string of the molecule is O=C(Cc1nc2ccc(-c3ccccc3)cn2n1)c1cccnc1. The maximum Gasteiger partial charge on any atom is 0.172 e. The Bertz CT molecular complexity index is 994. The summed E-state index contributed by atoms with van der Waals surface area (Å²) in [5.74, 6) is 0.469. The van der Waals surface area contributed by atoms with Crippen LogP contribution < -0.4 is 0 Å². The third-order valence-electron chi connectivity index (χ3n) is 3.78. The molecule has 5 heteroatoms. The molecule has 0 spiro atoms. The molecule has 0 saturated heterocycles. The van der Waals surface area contributed by atoms with Crippen LogP contribution >= 0.6 is 0 Å². The Morgan fingerprint density at radius 2 is 1.83 bits per heavy atom. The van der Waals surface area contributed by atoms with E-state index in [-0.39, 0.29) is 12.2 Å². The first-order valence-electron chi connectivity index (χ1n) is 7.63. The standard InChI is InChI=1S/C19H14N4O/c24-17(15-7-4-10-20-12-15)11-18-21-19-9-8-16(13-23(19)22-18)14-5-2-1-3-6-14/h1-10,12-13H,11H2. The highest BCUT2D eigenvalue weighted by Gasteiger charge is 2.12. The van der Waals surface area contributed by atoms with Crippen molar-refractivity contribution in [3.63, 3.8) is 0 Å². The molecule has 0 aliphatic heterocycles. The number of nitrogens with zero attached hydrogens (tertiary/aromatic N) is 4. The van der Waals surface area contributed by atoms with Gasteiger partial charge < -0.3 is 0 Å². The fraction of sp³-hybridized carbons (Fsp3) is 0.0526. The van der Waals surface area contributed by atoms with Crippen LogP contribution in [0.3, 0.4) is 0 Å². The maximum absolute atomic E-state index is 12.3. The maximum atomic E-state index is 12.3. The number of Topliss-reactive ketones (excluding diaryl/α,β-unsaturated/α-hetero) is 1. The molecule has 0 aliphatic carbocycles. The first-order valence-corrected chi connectivity index (χ1v) is 7.63. The topological polar surface area (TPSA) is 60.2 Å². The van der Waals surface area contributed by atoms with Crippen LogP contribution in [0.25, 0.3) is 16.8 Å². The van der Waals surface area contributed by atoms with Gasteiger partial charge in [0.25, 0.3) is 0 Å². The van der Waals surface area contributed by atoms with Gasteiger partial charge in [0.1, 0.15) is 0 Å². The Morgan fingerprint density at radius 1 is 0.958 bits per heavy atom. The van der Waals surface area contributed by atoms with E-state index < -0.39 is 0 Å². The van der Waals surface area contributed by atoms with Crippen molar-refractivity contribution in [3.05, 3.63) is 84.6 Å². The van der Waals surface area contributed by atoms with Crippen LogP contribution in [0.5, 0.6) is 0 Å². The number of pyridine rings is 2. The lowest BCUT2D eigenvalue weighted by Crippen LogP contribution is -2.05. The zero-order chi connectivity index (χ0) is 16.4. The summed E-state index contributed by atoms with van der Waals surface area (Å²) in [5, 5.41) is 4.43. The molecule has 0 aliphatic rings. The highest BCUT2D eigenvalue weighted by molar-refractivity contribution is 5.96. The van der Waals surface area contributed by atoms with E-state index in [1.165, 1.54) is 0 Å². The fourth-order valence-electron chi connectivity index (χ4n) is 2.58. The zero-order valence-electron chi connectivity index (χ0n) is 12.8. The van der Waals surface area contributed by atoms with Crippen molar-refractivity contribution < 1.29 is 4.79 Å². The summed E-state index contributed by atoms with van der Waals surface area (Å²) in [6, 6.07) is 17.5. The molecule has 0 radical (unpaired) electrons. The van der Waals surface area contributed by atoms with Gasteiger partial charge in [0.05, 0.1) is 6.42 Å². The molecule has 5 nitrogen and oxygen atoms in total. The number of hydrogen-bond acceptors (Lipinski definition) is 4. The van der Waals surface area contributed by atoms with E-state index in [4.69, 9.17) is 0 Å². The molecule has 0 bridgehead atoms. The molecule has 3 aromatic heterocycles. The molecule has 0 saturated carbocycles. The van der Waals surface area contributed by atoms with Gasteiger partial charge in [0.15, 0.2) is 17.3 Å². The van der Waals surface area contributed by atoms with Gasteiger partial charge in [-0.2, -0.15) is 5.10 Å². The first kappa shape index (κ1) is 14.3. The average molecular weight is 314 g/mol. The van der Waals surface area contributed by atoms with E-state index in [0.717, 1.165) is 16.8 Å². The monoisotopic (exact) mass is 314 g/mol. The first-order chi connectivity index (χ1) is 11.8. The van der Waals surface area contributed by atoms with Crippen molar-refractivity contribution in [2.75, 3.05) is 0 Å². The van der Waals surface area contributed by atoms with Gasteiger partial charge in [0.2, 0.25) is 0 Å². The molecule has 0 fully saturated rings. The Hall–Kier alpha value is -3.34. The molecule has 4 aromatic rings. The summed E-state index contributed by atoms with van der Waals surface area (Å²) in [4.78, 5) is 20.6. The van der Waals surface area contributed by atoms with Crippen LogP contribution in [0.15, 0.2) is 73.2 Å². The van der Waals surface area contributed by atoms with Gasteiger partial charge in [0, 0.05) is 29.7 Å². The average Bonchev–Trinajstić information content (AvgIpc) is 3.04. The third-order valence-corrected chi connectivity index (χ3v) is 3.78. The zero-order valence-corrected chi connectivity index (χ0v) is 12.8. The number of fused-ring (bicyclic) bond motifs is 1. The molecule has 0 atom stereocenters. The lowest BCUT2D eigenvalue weighted by Gasteiger charge is -2.01. The second-order valence-electron chi connectivity index (χ2n) is 5.46. The Morgan fingerprint density at radius 3 is 2.62 bits per heavy atom. The molecular formula is C19H14N4O. The van der Waals surface area contributed by atoms with Crippen molar-refractivity contribution >= 4 is 11.4 Å². The van der Waals surface area contributed by atoms with Gasteiger partial charge in [-0.3, -0.25) is 9.78 Å². The lowest BCUT2D eigenvalue weighted by molar-refractivity contribution is 0.0990. The van der Waals surface area contributed by atoms with Crippen LogP contribution in [0.4, 0.5) is 0 Å². The van der Waals surface area contributed by atoms with Gasteiger partial charge in [-0.05, 0) is 29.8 Å². The lowest BCUT2D eigenvalue weighted by atomic mass is 10.1. The quantitative estimate of drug-likeness (QED) is 0.543. The summed E-state index contributed by atoms with van der Waals surface area (Å²) >= 11 is 0. The smallest absolute Gasteiger partial charge is 0.172 e. The third kappa shape index (κ3) is 2.79. The Kier molecular flexibility index (Phi) is 3.59. The minimum absolute atomic E-state index is 0.0395. The summed E-state index contributed by atoms with van der Waals surface area (Å²) < 4.78 is 1.72. The van der Waals surface area contributed by atoms with Gasteiger partial charge >= 0.3 is 0 Å². The minimum Gasteiger partial charge on any atom is -0.294 e. The molecule has 1 aromatic carbocycles. The molecule has 4 rings (SSSR count). The van der Waals surface area contributed by atoms with Crippen molar-refractivity contribution in [3.8, 4) is 11.1 Å². The van der Waals surface area contributed by atoms with Crippen LogP contribution in [-0.4, -0.2) is 25.4 Å². The Labute approximate surface area is 138 Å². The van der Waals surface area contributed by atoms with E-state index in [2.05, 4.69) is 15.1 Å². The highest BCUT2D eigenvalue weighted by Crippen LogP contribution is 2.19. The molecule has 0 amide bonds. The van der Waals surface area contributed by atoms with Crippen molar-refractivity contribution in [1.29, 1.82) is 0 Å². The number of aromatic nitrogens is 4. The fourth-order valence-corrected chi connectivity index (χ4v) is 2.58. The summed E-state index contributed by atoms with van der Waals surface area (Å²) in [6.45, 7) is 0. The molecular weight excluding hydrogens is 300 g/mol. The molecule has 0 unspecified atom stereocenters. The second kappa shape index (κ2) is 6.04. The Balaban J connectivity index is 1.63. The normalized spacial score (nSPS) is 10.8. The number of hydrogen-bond donors (Lipinski definition) is 0. The number of carbonyl (C=O) groups is 1. The molecule has 24 heavy (non-hydrogen) atoms. The van der Waals surface area contributed by atoms with Gasteiger partial charge in [-0.25, -0.2) is 9.50 Å². The van der Waals surface area contributed by atoms with Crippen molar-refractivity contribution in [2.45, 2.75) is 6.42 Å². The van der Waals surface area contributed by atoms with Crippen LogP contribution in [0.1, 0.15) is 16.2 Å². The molecule has 116 valence electrons. The number of benzene rings is 1. The molecule has 0 N–H and O–H groups in total. The van der Waals surface area contributed by atoms with Gasteiger partial charge in [-0.15, -0.1) is 0 Å². The van der Waals surface area contributed by atoms with E-state index >= 15 is 0 Å². The van der Waals surface area contributed by atoms with Crippen molar-refractivity contribution in [1.82, 2.24) is 19.6 Å². The largest absolute Gasteiger partial charge is 0.294 e. The van der Waals surface area contributed by atoms with E-state index in [1.807, 2.05) is 48.7 Å². The summed E-state index contributed by atoms with van der Waals surface area (Å²) in [7, 11) is 0. The van der Waals surface area contributed by atoms with Crippen LogP contribution in [0.2, 0.25) is 0 Å². The van der Waals surface area contributed by atoms with Crippen LogP contribution in [0, 0.1) is 0 Å². The number of ketones is 1. The van der Waals surface area contributed by atoms with Crippen LogP contribution in [-0.2, 0) is 6.42 Å². The van der Waals surface area contributed by atoms with Gasteiger partial charge in [-0.1, -0.05) is 30.3 Å². The van der Waals surface area contributed by atoms with E-state index in [0.29, 0.717) is 11.4 Å². The van der Waals surface area contributed by atoms with E-state index in [9.17, 15) is 4.79 Å². The van der Waals surface area contributed by atoms with Crippen molar-refractivity contribution in [2.24, 2.45) is 0 Å². The van der Waals surface area contributed by atoms with E-state index in [1.54, 1.807) is 29.0 Å². The summed E-state index contributed by atoms with van der Waals surface area (Å²) in [6.07, 6.45) is 5.29. The number of carbonyl (C=O) groups excluding carboxylic acids is 1. The highest BCUT2D eigenvalue weighted by atomic mass is 16.1. The second-order valence-corrected chi connectivity index (χ2v) is 5.46. The summed E-state index contributed by atoms with van der Waals surface area (Å²) in [5.41, 5.74) is 3.46. The minimum atomic E-state index is -0.0395. The number of rotatable bonds is 4.